The van der Waals surface area contributed by atoms with E-state index in [1.807, 2.05) is 6.92 Å². The second-order valence-electron chi connectivity index (χ2n) is 17.9. The SMILES string of the molecule is CO[C@H]1/C=C/O[C@@]2(C)Oc3c(C)c(OC(=O)c4ccc(C)c(Cl)c4)c4c(c3C2=O)C(=O)C(Nc2ccc(C)cc2)=C(NC(=O)/C(C)=C\C=C\[C@H](C)[C@H](O)[C@@H](C)[C@H](O)[C@H](C)[C@H](OC(C)=O)[C@@H]1C)C4=O. The quantitative estimate of drug-likeness (QED) is 0.137. The van der Waals surface area contributed by atoms with Crippen molar-refractivity contribution in [3.8, 4) is 11.5 Å². The number of fused-ring (bicyclic) bond motifs is 14. The summed E-state index contributed by atoms with van der Waals surface area (Å²) in [5.74, 6) is -10.7. The van der Waals surface area contributed by atoms with Gasteiger partial charge in [0.05, 0.1) is 46.8 Å². The second kappa shape index (κ2) is 20.5. The van der Waals surface area contributed by atoms with Gasteiger partial charge in [-0.05, 0) is 63.6 Å². The van der Waals surface area contributed by atoms with Crippen molar-refractivity contribution < 1.29 is 62.7 Å². The minimum Gasteiger partial charge on any atom is -0.462 e. The first kappa shape index (κ1) is 51.0. The number of allylic oxidation sites excluding steroid dienone is 4. The third-order valence-electron chi connectivity index (χ3n) is 12.9. The third kappa shape index (κ3) is 10.1. The highest BCUT2D eigenvalue weighted by atomic mass is 35.5. The maximum Gasteiger partial charge on any atom is 0.343 e. The molecule has 3 aromatic rings. The summed E-state index contributed by atoms with van der Waals surface area (Å²) in [6, 6.07) is 11.3. The number of Topliss-reactive ketones (excluding diaryl/α,β-unsaturated/α-hetero) is 3. The molecule has 16 heteroatoms. The van der Waals surface area contributed by atoms with Crippen molar-refractivity contribution in [1.29, 1.82) is 0 Å². The fraction of sp³-hybridized carbons (Fsp3) is 0.385. The van der Waals surface area contributed by atoms with Crippen LogP contribution in [0.25, 0.3) is 0 Å². The Kier molecular flexibility index (Phi) is 15.3. The van der Waals surface area contributed by atoms with Crippen LogP contribution in [0.4, 0.5) is 5.69 Å². The highest BCUT2D eigenvalue weighted by Gasteiger charge is 2.53. The summed E-state index contributed by atoms with van der Waals surface area (Å²) in [6.07, 6.45) is 3.15. The molecule has 0 radical (unpaired) electrons. The number of anilines is 1. The summed E-state index contributed by atoms with van der Waals surface area (Å²) in [4.78, 5) is 85.7. The fourth-order valence-corrected chi connectivity index (χ4v) is 8.76. The molecule has 360 valence electrons. The smallest absolute Gasteiger partial charge is 0.343 e. The second-order valence-corrected chi connectivity index (χ2v) is 18.3. The number of ketones is 3. The van der Waals surface area contributed by atoms with Gasteiger partial charge in [-0.15, -0.1) is 0 Å². The lowest BCUT2D eigenvalue weighted by Gasteiger charge is -2.38. The molecule has 1 aliphatic carbocycles. The number of carbonyl (C=O) groups excluding carboxylic acids is 6. The van der Waals surface area contributed by atoms with Gasteiger partial charge in [-0.25, -0.2) is 4.79 Å². The third-order valence-corrected chi connectivity index (χ3v) is 13.3. The number of hydrogen-bond acceptors (Lipinski definition) is 14. The predicted molar refractivity (Wildman–Crippen MR) is 252 cm³/mol. The molecule has 3 aromatic carbocycles. The minimum absolute atomic E-state index is 0.00665. The molecular weight excluding hydrogens is 896 g/mol. The molecule has 15 nitrogen and oxygen atoms in total. The van der Waals surface area contributed by atoms with Crippen LogP contribution < -0.4 is 20.1 Å². The molecule has 5 bridgehead atoms. The van der Waals surface area contributed by atoms with Crippen LogP contribution in [0.15, 0.2) is 90.0 Å². The van der Waals surface area contributed by atoms with Gasteiger partial charge < -0.3 is 44.5 Å². The van der Waals surface area contributed by atoms with Crippen LogP contribution in [0.2, 0.25) is 5.02 Å². The number of amides is 1. The minimum atomic E-state index is -2.19. The van der Waals surface area contributed by atoms with E-state index in [9.17, 15) is 29.4 Å². The van der Waals surface area contributed by atoms with E-state index in [0.717, 1.165) is 11.8 Å². The average Bonchev–Trinajstić information content (AvgIpc) is 3.56. The molecule has 0 aromatic heterocycles. The Hall–Kier alpha value is -6.39. The normalized spacial score (nSPS) is 28.4. The molecule has 68 heavy (non-hydrogen) atoms. The Morgan fingerprint density at radius 3 is 2.16 bits per heavy atom. The summed E-state index contributed by atoms with van der Waals surface area (Å²) in [5, 5.41) is 28.9. The number of methoxy groups -OCH3 is 1. The van der Waals surface area contributed by atoms with Gasteiger partial charge in [0.15, 0.2) is 0 Å². The van der Waals surface area contributed by atoms with Gasteiger partial charge >= 0.3 is 17.7 Å². The summed E-state index contributed by atoms with van der Waals surface area (Å²) < 4.78 is 29.9. The zero-order chi connectivity index (χ0) is 50.1. The first-order valence-electron chi connectivity index (χ1n) is 22.2. The number of aliphatic hydroxyl groups excluding tert-OH is 2. The highest BCUT2D eigenvalue weighted by Crippen LogP contribution is 2.49. The maximum atomic E-state index is 15.2. The van der Waals surface area contributed by atoms with Gasteiger partial charge in [0.1, 0.15) is 29.0 Å². The van der Waals surface area contributed by atoms with Crippen molar-refractivity contribution in [3.05, 3.63) is 134 Å². The first-order chi connectivity index (χ1) is 32.0. The Morgan fingerprint density at radius 2 is 1.53 bits per heavy atom. The number of rotatable bonds is 6. The first-order valence-corrected chi connectivity index (χ1v) is 22.6. The van der Waals surface area contributed by atoms with Crippen LogP contribution in [0.3, 0.4) is 0 Å². The van der Waals surface area contributed by atoms with Gasteiger partial charge in [0.2, 0.25) is 11.6 Å². The Bertz CT molecular complexity index is 2680. The fourth-order valence-electron chi connectivity index (χ4n) is 8.58. The Balaban J connectivity index is 1.57. The average molecular weight is 953 g/mol. The van der Waals surface area contributed by atoms with Crippen LogP contribution in [0.5, 0.6) is 11.5 Å². The van der Waals surface area contributed by atoms with E-state index in [4.69, 9.17) is 35.3 Å². The summed E-state index contributed by atoms with van der Waals surface area (Å²) >= 11 is 6.38. The van der Waals surface area contributed by atoms with Gasteiger partial charge in [0.25, 0.3) is 11.7 Å². The van der Waals surface area contributed by atoms with Gasteiger partial charge in [-0.1, -0.05) is 81.3 Å². The van der Waals surface area contributed by atoms with E-state index < -0.39 is 117 Å². The zero-order valence-electron chi connectivity index (χ0n) is 39.8. The molecule has 3 aliphatic heterocycles. The standard InChI is InChI=1S/C52H57ClN2O13/c1-24-15-19-34(20-16-24)54-40-41-45(60)38-37(44(40)59)39-48(31(8)47(38)67-51(63)33-18-17-25(2)35(53)23-33)68-52(10,49(39)61)65-22-21-36(64-11)28(5)46(66-32(9)56)30(7)43(58)29(6)42(57)26(3)13-12-14-27(4)50(62)55-41/h12-23,26,28-30,36,42-43,46,54,57-58H,1-11H3,(H,55,62)/b13-12+,22-21+,27-14-/t26-,28+,29+,30-,36-,42-,43-,46+,52-/m0/s1. The van der Waals surface area contributed by atoms with E-state index in [1.165, 1.54) is 65.2 Å². The number of hydrogen-bond donors (Lipinski definition) is 4. The molecule has 7 rings (SSSR count). The molecule has 0 fully saturated rings. The van der Waals surface area contributed by atoms with Crippen molar-refractivity contribution in [3.63, 3.8) is 0 Å². The molecular formula is C52H57ClN2O13. The van der Waals surface area contributed by atoms with Crippen LogP contribution >= 0.6 is 11.6 Å². The van der Waals surface area contributed by atoms with Crippen molar-refractivity contribution in [2.24, 2.45) is 23.7 Å². The van der Waals surface area contributed by atoms with Crippen LogP contribution in [0, 0.1) is 44.4 Å². The number of benzene rings is 3. The molecule has 0 saturated heterocycles. The topological polar surface area (TPSA) is 213 Å². The Labute approximate surface area is 400 Å². The maximum absolute atomic E-state index is 15.2. The summed E-state index contributed by atoms with van der Waals surface area (Å²) in [6.45, 7) is 15.9. The largest absolute Gasteiger partial charge is 0.462 e. The number of halogens is 1. The number of aryl methyl sites for hydroxylation is 2. The molecule has 4 N–H and O–H groups in total. The van der Waals surface area contributed by atoms with E-state index in [-0.39, 0.29) is 33.0 Å². The number of esters is 2. The molecule has 3 heterocycles. The molecule has 0 spiro atoms. The van der Waals surface area contributed by atoms with E-state index in [0.29, 0.717) is 11.3 Å². The van der Waals surface area contributed by atoms with Crippen molar-refractivity contribution in [2.75, 3.05) is 12.4 Å². The van der Waals surface area contributed by atoms with Crippen LogP contribution in [-0.2, 0) is 23.8 Å². The lowest BCUT2D eigenvalue weighted by Crippen LogP contribution is -2.46. The molecule has 1 amide bonds. The summed E-state index contributed by atoms with van der Waals surface area (Å²) in [7, 11) is 1.41. The van der Waals surface area contributed by atoms with E-state index >= 15 is 9.59 Å². The van der Waals surface area contributed by atoms with E-state index in [2.05, 4.69) is 10.6 Å². The zero-order valence-corrected chi connectivity index (χ0v) is 40.6. The molecule has 0 unspecified atom stereocenters. The van der Waals surface area contributed by atoms with Crippen LogP contribution in [-0.4, -0.2) is 82.7 Å². The number of nitrogens with one attached hydrogen (secondary N) is 2. The highest BCUT2D eigenvalue weighted by molar-refractivity contribution is 6.34. The van der Waals surface area contributed by atoms with Crippen molar-refractivity contribution in [2.45, 2.75) is 99.4 Å². The molecule has 9 atom stereocenters. The van der Waals surface area contributed by atoms with Gasteiger partial charge in [-0.2, -0.15) is 0 Å². The predicted octanol–water partition coefficient (Wildman–Crippen LogP) is 7.85. The molecule has 4 aliphatic rings. The lowest BCUT2D eigenvalue weighted by molar-refractivity contribution is -0.160. The van der Waals surface area contributed by atoms with E-state index in [1.54, 1.807) is 71.0 Å². The monoisotopic (exact) mass is 952 g/mol. The summed E-state index contributed by atoms with van der Waals surface area (Å²) in [5.41, 5.74) is -0.208. The van der Waals surface area contributed by atoms with Crippen molar-refractivity contribution in [1.82, 2.24) is 5.32 Å². The lowest BCUT2D eigenvalue weighted by atomic mass is 9.78. The Morgan fingerprint density at radius 1 is 0.853 bits per heavy atom. The number of aliphatic hydroxyl groups is 2. The number of ether oxygens (including phenoxy) is 5. The van der Waals surface area contributed by atoms with Gasteiger partial charge in [-0.3, -0.25) is 24.0 Å². The van der Waals surface area contributed by atoms with Crippen molar-refractivity contribution >= 4 is 52.5 Å². The van der Waals surface area contributed by atoms with Crippen LogP contribution in [0.1, 0.15) is 107 Å². The molecule has 0 saturated carbocycles. The number of carbonyl (C=O) groups is 6. The van der Waals surface area contributed by atoms with Gasteiger partial charge in [0, 0.05) is 66.5 Å².